The lowest BCUT2D eigenvalue weighted by Gasteiger charge is -2.29. The minimum Gasteiger partial charge on any atom is -0.192 e. The van der Waals surface area contributed by atoms with E-state index >= 15 is 0 Å². The largest absolute Gasteiger partial charge is 0.192 e. The molecule has 0 amide bonds. The zero-order valence-corrected chi connectivity index (χ0v) is 16.2. The van der Waals surface area contributed by atoms with Gasteiger partial charge in [0.1, 0.15) is 0 Å². The van der Waals surface area contributed by atoms with Gasteiger partial charge in [-0.1, -0.05) is 29.5 Å². The standard InChI is InChI=1S/C26H27N/c1-20(2)3-4-21-11-15-25(16-12-21)26-17-13-23(14-18-26)6-5-22-7-9-24(19-27)10-8-22/h7-10,13-14,17-18,21,25H,1,3-4,11-12,15-16H2,2H3. The molecule has 0 heterocycles. The summed E-state index contributed by atoms with van der Waals surface area (Å²) >= 11 is 0. The van der Waals surface area contributed by atoms with E-state index in [1.807, 2.05) is 12.1 Å². The molecule has 0 aromatic heterocycles. The first-order valence-corrected chi connectivity index (χ1v) is 9.90. The zero-order valence-electron chi connectivity index (χ0n) is 16.2. The maximum atomic E-state index is 8.84. The van der Waals surface area contributed by atoms with E-state index in [1.54, 1.807) is 12.1 Å². The Bertz CT molecular complexity index is 861. The van der Waals surface area contributed by atoms with Crippen LogP contribution < -0.4 is 0 Å². The van der Waals surface area contributed by atoms with Gasteiger partial charge >= 0.3 is 0 Å². The normalized spacial score (nSPS) is 18.8. The van der Waals surface area contributed by atoms with Gasteiger partial charge in [0.2, 0.25) is 0 Å². The first kappa shape index (κ1) is 19.0. The minimum absolute atomic E-state index is 0.666. The summed E-state index contributed by atoms with van der Waals surface area (Å²) in [6.07, 6.45) is 7.79. The second-order valence-corrected chi connectivity index (χ2v) is 7.77. The fourth-order valence-corrected chi connectivity index (χ4v) is 3.85. The lowest BCUT2D eigenvalue weighted by molar-refractivity contribution is 0.310. The number of hydrogen-bond donors (Lipinski definition) is 0. The van der Waals surface area contributed by atoms with Crippen molar-refractivity contribution in [3.05, 3.63) is 82.9 Å². The summed E-state index contributed by atoms with van der Waals surface area (Å²) in [4.78, 5) is 0. The quantitative estimate of drug-likeness (QED) is 0.449. The van der Waals surface area contributed by atoms with E-state index in [0.29, 0.717) is 11.5 Å². The topological polar surface area (TPSA) is 23.8 Å². The Labute approximate surface area is 163 Å². The van der Waals surface area contributed by atoms with Gasteiger partial charge in [-0.2, -0.15) is 5.26 Å². The van der Waals surface area contributed by atoms with Crippen LogP contribution in [0, 0.1) is 29.1 Å². The van der Waals surface area contributed by atoms with Crippen molar-refractivity contribution in [1.29, 1.82) is 5.26 Å². The van der Waals surface area contributed by atoms with Crippen molar-refractivity contribution in [2.75, 3.05) is 0 Å². The van der Waals surface area contributed by atoms with Crippen molar-refractivity contribution in [1.82, 2.24) is 0 Å². The van der Waals surface area contributed by atoms with Crippen LogP contribution in [0.1, 0.15) is 73.6 Å². The smallest absolute Gasteiger partial charge is 0.0991 e. The molecule has 0 bridgehead atoms. The Hall–Kier alpha value is -2.77. The molecule has 1 fully saturated rings. The number of nitrogens with zero attached hydrogens (tertiary/aromatic N) is 1. The third-order valence-electron chi connectivity index (χ3n) is 5.57. The van der Waals surface area contributed by atoms with Crippen molar-refractivity contribution < 1.29 is 0 Å². The molecule has 1 aliphatic carbocycles. The Kier molecular flexibility index (Phi) is 6.51. The average Bonchev–Trinajstić information content (AvgIpc) is 2.72. The summed E-state index contributed by atoms with van der Waals surface area (Å²) < 4.78 is 0. The third kappa shape index (κ3) is 5.60. The molecule has 0 saturated heterocycles. The van der Waals surface area contributed by atoms with Gasteiger partial charge in [0.25, 0.3) is 0 Å². The van der Waals surface area contributed by atoms with E-state index < -0.39 is 0 Å². The molecule has 1 heteroatoms. The zero-order chi connectivity index (χ0) is 19.1. The molecule has 0 spiro atoms. The summed E-state index contributed by atoms with van der Waals surface area (Å²) in [6, 6.07) is 18.3. The molecule has 2 aromatic carbocycles. The van der Waals surface area contributed by atoms with Crippen LogP contribution in [-0.4, -0.2) is 0 Å². The van der Waals surface area contributed by atoms with Gasteiger partial charge in [-0.25, -0.2) is 0 Å². The van der Waals surface area contributed by atoms with Crippen molar-refractivity contribution in [3.8, 4) is 17.9 Å². The van der Waals surface area contributed by atoms with E-state index in [0.717, 1.165) is 17.0 Å². The Morgan fingerprint density at radius 3 is 1.93 bits per heavy atom. The van der Waals surface area contributed by atoms with Crippen LogP contribution in [0.15, 0.2) is 60.7 Å². The van der Waals surface area contributed by atoms with E-state index in [-0.39, 0.29) is 0 Å². The molecule has 3 rings (SSSR count). The van der Waals surface area contributed by atoms with Crippen molar-refractivity contribution in [2.45, 2.75) is 51.4 Å². The van der Waals surface area contributed by atoms with Crippen LogP contribution in [0.25, 0.3) is 0 Å². The molecule has 0 aliphatic heterocycles. The molecule has 1 aliphatic rings. The molecule has 136 valence electrons. The highest BCUT2D eigenvalue weighted by Crippen LogP contribution is 2.37. The molecule has 1 nitrogen and oxygen atoms in total. The molecular weight excluding hydrogens is 326 g/mol. The fourth-order valence-electron chi connectivity index (χ4n) is 3.85. The lowest BCUT2D eigenvalue weighted by atomic mass is 9.77. The summed E-state index contributed by atoms with van der Waals surface area (Å²) in [5.74, 6) is 7.98. The molecule has 0 unspecified atom stereocenters. The van der Waals surface area contributed by atoms with Crippen LogP contribution in [0.3, 0.4) is 0 Å². The number of nitriles is 1. The number of benzene rings is 2. The Balaban J connectivity index is 1.56. The summed E-state index contributed by atoms with van der Waals surface area (Å²) in [5.41, 5.74) is 5.41. The fraction of sp³-hybridized carbons (Fsp3) is 0.346. The third-order valence-corrected chi connectivity index (χ3v) is 5.57. The summed E-state index contributed by atoms with van der Waals surface area (Å²) in [7, 11) is 0. The molecule has 1 saturated carbocycles. The van der Waals surface area contributed by atoms with Crippen LogP contribution >= 0.6 is 0 Å². The van der Waals surface area contributed by atoms with Crippen LogP contribution in [-0.2, 0) is 0 Å². The molecule has 0 radical (unpaired) electrons. The maximum Gasteiger partial charge on any atom is 0.0991 e. The molecule has 2 aromatic rings. The molecule has 0 atom stereocenters. The molecular formula is C26H27N. The van der Waals surface area contributed by atoms with Crippen molar-refractivity contribution in [2.24, 2.45) is 5.92 Å². The average molecular weight is 354 g/mol. The maximum absolute atomic E-state index is 8.84. The minimum atomic E-state index is 0.666. The molecule has 0 N–H and O–H groups in total. The second kappa shape index (κ2) is 9.25. The monoisotopic (exact) mass is 353 g/mol. The summed E-state index contributed by atoms with van der Waals surface area (Å²) in [6.45, 7) is 6.16. The van der Waals surface area contributed by atoms with E-state index in [4.69, 9.17) is 5.26 Å². The highest BCUT2D eigenvalue weighted by Gasteiger charge is 2.21. The number of allylic oxidation sites excluding steroid dienone is 1. The van der Waals surface area contributed by atoms with Crippen molar-refractivity contribution in [3.63, 3.8) is 0 Å². The number of rotatable bonds is 4. The Morgan fingerprint density at radius 2 is 1.41 bits per heavy atom. The van der Waals surface area contributed by atoms with E-state index in [2.05, 4.69) is 55.7 Å². The molecule has 27 heavy (non-hydrogen) atoms. The Morgan fingerprint density at radius 1 is 0.889 bits per heavy atom. The van der Waals surface area contributed by atoms with Gasteiger partial charge in [0.15, 0.2) is 0 Å². The van der Waals surface area contributed by atoms with E-state index in [1.165, 1.54) is 49.7 Å². The van der Waals surface area contributed by atoms with E-state index in [9.17, 15) is 0 Å². The van der Waals surface area contributed by atoms with Gasteiger partial charge in [0.05, 0.1) is 11.6 Å². The lowest BCUT2D eigenvalue weighted by Crippen LogP contribution is -2.13. The SMILES string of the molecule is C=C(C)CCC1CCC(c2ccc(C#Cc3ccc(C#N)cc3)cc2)CC1. The van der Waals surface area contributed by atoms with Crippen LogP contribution in [0.2, 0.25) is 0 Å². The van der Waals surface area contributed by atoms with Gasteiger partial charge in [-0.3, -0.25) is 0 Å². The van der Waals surface area contributed by atoms with Crippen LogP contribution in [0.5, 0.6) is 0 Å². The first-order valence-electron chi connectivity index (χ1n) is 9.90. The van der Waals surface area contributed by atoms with Crippen LogP contribution in [0.4, 0.5) is 0 Å². The highest BCUT2D eigenvalue weighted by molar-refractivity contribution is 5.45. The van der Waals surface area contributed by atoms with Gasteiger partial charge < -0.3 is 0 Å². The summed E-state index contributed by atoms with van der Waals surface area (Å²) in [5, 5.41) is 8.84. The van der Waals surface area contributed by atoms with Gasteiger partial charge in [-0.15, -0.1) is 6.58 Å². The number of hydrogen-bond acceptors (Lipinski definition) is 1. The van der Waals surface area contributed by atoms with Crippen molar-refractivity contribution >= 4 is 0 Å². The first-order chi connectivity index (χ1) is 13.1. The van der Waals surface area contributed by atoms with Gasteiger partial charge in [-0.05, 0) is 99.2 Å². The second-order valence-electron chi connectivity index (χ2n) is 7.77. The highest BCUT2D eigenvalue weighted by atomic mass is 14.3. The van der Waals surface area contributed by atoms with Gasteiger partial charge in [0, 0.05) is 11.1 Å². The predicted octanol–water partition coefficient (Wildman–Crippen LogP) is 6.59. The predicted molar refractivity (Wildman–Crippen MR) is 112 cm³/mol.